The smallest absolute Gasteiger partial charge is 0.335 e. The molecule has 0 atom stereocenters. The van der Waals surface area contributed by atoms with Gasteiger partial charge >= 0.3 is 11.9 Å². The Labute approximate surface area is 86.4 Å². The second kappa shape index (κ2) is 4.45. The van der Waals surface area contributed by atoms with Gasteiger partial charge in [-0.2, -0.15) is 0 Å². The van der Waals surface area contributed by atoms with Crippen LogP contribution in [0.5, 0.6) is 0 Å². The van der Waals surface area contributed by atoms with Crippen LogP contribution < -0.4 is 5.32 Å². The first-order valence-corrected chi connectivity index (χ1v) is 4.40. The average molecular weight is 209 g/mol. The summed E-state index contributed by atoms with van der Waals surface area (Å²) in [5, 5.41) is 20.4. The van der Waals surface area contributed by atoms with Crippen molar-refractivity contribution in [2.45, 2.75) is 6.92 Å². The molecule has 0 aliphatic heterocycles. The third-order valence-corrected chi connectivity index (χ3v) is 1.81. The summed E-state index contributed by atoms with van der Waals surface area (Å²) in [7, 11) is 0. The van der Waals surface area contributed by atoms with Crippen molar-refractivity contribution in [3.63, 3.8) is 0 Å². The first kappa shape index (κ1) is 11.0. The zero-order valence-electron chi connectivity index (χ0n) is 8.15. The minimum Gasteiger partial charge on any atom is -0.478 e. The van der Waals surface area contributed by atoms with E-state index in [4.69, 9.17) is 10.2 Å². The van der Waals surface area contributed by atoms with E-state index in [2.05, 4.69) is 5.32 Å². The van der Waals surface area contributed by atoms with E-state index in [0.717, 1.165) is 6.07 Å². The molecule has 80 valence electrons. The standard InChI is InChI=1S/C10H11NO4/c1-2-11-8-4-6(9(12)13)3-7(5-8)10(14)15/h3-5,11H,2H2,1H3,(H,12,13)(H,14,15). The van der Waals surface area contributed by atoms with Crippen molar-refractivity contribution in [1.29, 1.82) is 0 Å². The van der Waals surface area contributed by atoms with Crippen LogP contribution in [-0.2, 0) is 0 Å². The van der Waals surface area contributed by atoms with Crippen molar-refractivity contribution >= 4 is 17.6 Å². The summed E-state index contributed by atoms with van der Waals surface area (Å²) in [4.78, 5) is 21.4. The number of benzene rings is 1. The Morgan fingerprint density at radius 1 is 1.13 bits per heavy atom. The van der Waals surface area contributed by atoms with Crippen LogP contribution >= 0.6 is 0 Å². The predicted octanol–water partition coefficient (Wildman–Crippen LogP) is 1.51. The van der Waals surface area contributed by atoms with Crippen LogP contribution in [-0.4, -0.2) is 28.7 Å². The van der Waals surface area contributed by atoms with Gasteiger partial charge in [-0.3, -0.25) is 0 Å². The van der Waals surface area contributed by atoms with Gasteiger partial charge in [0.1, 0.15) is 0 Å². The van der Waals surface area contributed by atoms with Gasteiger partial charge in [-0.05, 0) is 25.1 Å². The fourth-order valence-electron chi connectivity index (χ4n) is 1.18. The molecular formula is C10H11NO4. The first-order chi connectivity index (χ1) is 7.04. The Balaban J connectivity index is 3.19. The van der Waals surface area contributed by atoms with Crippen LogP contribution in [0, 0.1) is 0 Å². The molecule has 0 saturated carbocycles. The highest BCUT2D eigenvalue weighted by Gasteiger charge is 2.10. The highest BCUT2D eigenvalue weighted by molar-refractivity contribution is 5.95. The molecule has 0 aromatic heterocycles. The maximum atomic E-state index is 10.7. The molecule has 1 aromatic rings. The fourth-order valence-corrected chi connectivity index (χ4v) is 1.18. The third-order valence-electron chi connectivity index (χ3n) is 1.81. The molecule has 0 spiro atoms. The summed E-state index contributed by atoms with van der Waals surface area (Å²) >= 11 is 0. The quantitative estimate of drug-likeness (QED) is 0.699. The molecule has 0 aliphatic carbocycles. The molecule has 0 radical (unpaired) electrons. The summed E-state index contributed by atoms with van der Waals surface area (Å²) in [5.74, 6) is -2.28. The molecule has 5 heteroatoms. The molecule has 1 aromatic carbocycles. The number of anilines is 1. The number of hydrogen-bond donors (Lipinski definition) is 3. The number of carboxylic acid groups (broad SMARTS) is 2. The third kappa shape index (κ3) is 2.70. The molecule has 0 unspecified atom stereocenters. The van der Waals surface area contributed by atoms with Crippen molar-refractivity contribution in [2.24, 2.45) is 0 Å². The lowest BCUT2D eigenvalue weighted by Gasteiger charge is -2.06. The van der Waals surface area contributed by atoms with Crippen LogP contribution in [0.15, 0.2) is 18.2 Å². The normalized spacial score (nSPS) is 9.67. The lowest BCUT2D eigenvalue weighted by molar-refractivity contribution is 0.0696. The van der Waals surface area contributed by atoms with Gasteiger partial charge in [0, 0.05) is 12.2 Å². The lowest BCUT2D eigenvalue weighted by Crippen LogP contribution is -2.05. The highest BCUT2D eigenvalue weighted by Crippen LogP contribution is 2.15. The molecule has 5 nitrogen and oxygen atoms in total. The van der Waals surface area contributed by atoms with Crippen molar-refractivity contribution in [3.8, 4) is 0 Å². The minimum absolute atomic E-state index is 0.0362. The minimum atomic E-state index is -1.14. The topological polar surface area (TPSA) is 86.6 Å². The van der Waals surface area contributed by atoms with E-state index >= 15 is 0 Å². The second-order valence-corrected chi connectivity index (χ2v) is 2.94. The van der Waals surface area contributed by atoms with Crippen molar-refractivity contribution < 1.29 is 19.8 Å². The van der Waals surface area contributed by atoms with Gasteiger partial charge in [-0.1, -0.05) is 0 Å². The number of carboxylic acids is 2. The predicted molar refractivity (Wildman–Crippen MR) is 54.5 cm³/mol. The van der Waals surface area contributed by atoms with E-state index in [1.54, 1.807) is 0 Å². The van der Waals surface area contributed by atoms with Crippen LogP contribution in [0.2, 0.25) is 0 Å². The first-order valence-electron chi connectivity index (χ1n) is 4.40. The van der Waals surface area contributed by atoms with Gasteiger partial charge in [0.25, 0.3) is 0 Å². The number of aromatic carboxylic acids is 2. The summed E-state index contributed by atoms with van der Waals surface area (Å²) in [6, 6.07) is 3.93. The summed E-state index contributed by atoms with van der Waals surface area (Å²) in [6.07, 6.45) is 0. The Hall–Kier alpha value is -2.04. The summed E-state index contributed by atoms with van der Waals surface area (Å²) < 4.78 is 0. The largest absolute Gasteiger partial charge is 0.478 e. The molecule has 0 fully saturated rings. The molecule has 0 heterocycles. The van der Waals surface area contributed by atoms with E-state index in [1.165, 1.54) is 12.1 Å². The number of nitrogens with one attached hydrogen (secondary N) is 1. The van der Waals surface area contributed by atoms with Gasteiger partial charge in [0.05, 0.1) is 11.1 Å². The number of hydrogen-bond acceptors (Lipinski definition) is 3. The van der Waals surface area contributed by atoms with Crippen LogP contribution in [0.1, 0.15) is 27.6 Å². The Kier molecular flexibility index (Phi) is 3.28. The van der Waals surface area contributed by atoms with E-state index in [-0.39, 0.29) is 11.1 Å². The van der Waals surface area contributed by atoms with Crippen molar-refractivity contribution in [1.82, 2.24) is 0 Å². The number of carbonyl (C=O) groups is 2. The van der Waals surface area contributed by atoms with Gasteiger partial charge in [0.2, 0.25) is 0 Å². The van der Waals surface area contributed by atoms with E-state index in [0.29, 0.717) is 12.2 Å². The lowest BCUT2D eigenvalue weighted by atomic mass is 10.1. The van der Waals surface area contributed by atoms with Crippen LogP contribution in [0.25, 0.3) is 0 Å². The maximum absolute atomic E-state index is 10.7. The Morgan fingerprint density at radius 3 is 1.93 bits per heavy atom. The SMILES string of the molecule is CCNc1cc(C(=O)O)cc(C(=O)O)c1. The molecule has 0 amide bonds. The summed E-state index contributed by atoms with van der Waals surface area (Å²) in [6.45, 7) is 2.44. The molecule has 3 N–H and O–H groups in total. The molecule has 15 heavy (non-hydrogen) atoms. The van der Waals surface area contributed by atoms with Gasteiger partial charge < -0.3 is 15.5 Å². The average Bonchev–Trinajstić information content (AvgIpc) is 2.17. The van der Waals surface area contributed by atoms with E-state index in [9.17, 15) is 9.59 Å². The molecular weight excluding hydrogens is 198 g/mol. The summed E-state index contributed by atoms with van der Waals surface area (Å²) in [5.41, 5.74) is 0.423. The number of rotatable bonds is 4. The van der Waals surface area contributed by atoms with Gasteiger partial charge in [-0.15, -0.1) is 0 Å². The van der Waals surface area contributed by atoms with Crippen molar-refractivity contribution in [2.75, 3.05) is 11.9 Å². The molecule has 0 aliphatic rings. The van der Waals surface area contributed by atoms with E-state index in [1.807, 2.05) is 6.92 Å². The van der Waals surface area contributed by atoms with Gasteiger partial charge in [0.15, 0.2) is 0 Å². The fraction of sp³-hybridized carbons (Fsp3) is 0.200. The Bertz CT molecular complexity index is 368. The highest BCUT2D eigenvalue weighted by atomic mass is 16.4. The zero-order chi connectivity index (χ0) is 11.4. The van der Waals surface area contributed by atoms with E-state index < -0.39 is 11.9 Å². The monoisotopic (exact) mass is 209 g/mol. The molecule has 0 saturated heterocycles. The van der Waals surface area contributed by atoms with Crippen LogP contribution in [0.3, 0.4) is 0 Å². The zero-order valence-corrected chi connectivity index (χ0v) is 8.15. The van der Waals surface area contributed by atoms with Crippen molar-refractivity contribution in [3.05, 3.63) is 29.3 Å². The Morgan fingerprint density at radius 2 is 1.60 bits per heavy atom. The van der Waals surface area contributed by atoms with Gasteiger partial charge in [-0.25, -0.2) is 9.59 Å². The van der Waals surface area contributed by atoms with Crippen LogP contribution in [0.4, 0.5) is 5.69 Å². The second-order valence-electron chi connectivity index (χ2n) is 2.94. The maximum Gasteiger partial charge on any atom is 0.335 e. The molecule has 0 bridgehead atoms. The molecule has 1 rings (SSSR count).